The van der Waals surface area contributed by atoms with E-state index >= 15 is 0 Å². The molecule has 1 atom stereocenters. The van der Waals surface area contributed by atoms with Crippen LogP contribution in [0.1, 0.15) is 34.0 Å². The summed E-state index contributed by atoms with van der Waals surface area (Å²) >= 11 is 1.03. The molecular weight excluding hydrogens is 452 g/mol. The van der Waals surface area contributed by atoms with Crippen molar-refractivity contribution in [2.75, 3.05) is 13.2 Å². The fourth-order valence-electron chi connectivity index (χ4n) is 3.46. The molecule has 0 radical (unpaired) electrons. The van der Waals surface area contributed by atoms with Gasteiger partial charge < -0.3 is 29.1 Å². The number of furan rings is 1. The fraction of sp³-hybridized carbons (Fsp3) is 0.286. The van der Waals surface area contributed by atoms with Gasteiger partial charge in [0.1, 0.15) is 28.1 Å². The number of hydrogen-bond acceptors (Lipinski definition) is 9. The zero-order chi connectivity index (χ0) is 23.7. The monoisotopic (exact) mass is 472 g/mol. The third-order valence-corrected chi connectivity index (χ3v) is 6.20. The topological polar surface area (TPSA) is 142 Å². The van der Waals surface area contributed by atoms with Gasteiger partial charge in [0.25, 0.3) is 5.56 Å². The van der Waals surface area contributed by atoms with Gasteiger partial charge in [0.05, 0.1) is 35.9 Å². The number of ether oxygens (including phenoxy) is 2. The van der Waals surface area contributed by atoms with Crippen molar-refractivity contribution in [3.05, 3.63) is 62.5 Å². The van der Waals surface area contributed by atoms with Crippen LogP contribution in [0.3, 0.4) is 0 Å². The number of aromatic nitrogens is 2. The van der Waals surface area contributed by atoms with E-state index in [9.17, 15) is 19.2 Å². The minimum Gasteiger partial charge on any atom is -0.467 e. The number of fused-ring (bicyclic) bond motifs is 1. The maximum atomic E-state index is 12.8. The molecule has 12 heteroatoms. The average Bonchev–Trinajstić information content (AvgIpc) is 3.43. The molecule has 172 valence electrons. The molecule has 11 nitrogen and oxygen atoms in total. The van der Waals surface area contributed by atoms with Gasteiger partial charge in [0.2, 0.25) is 0 Å². The third kappa shape index (κ3) is 4.12. The number of amides is 2. The zero-order valence-corrected chi connectivity index (χ0v) is 18.8. The van der Waals surface area contributed by atoms with Crippen LogP contribution >= 0.6 is 11.3 Å². The van der Waals surface area contributed by atoms with Gasteiger partial charge >= 0.3 is 18.0 Å². The number of thiophene rings is 1. The first kappa shape index (κ1) is 22.3. The summed E-state index contributed by atoms with van der Waals surface area (Å²) in [6, 6.07) is 1.71. The van der Waals surface area contributed by atoms with Crippen LogP contribution in [-0.2, 0) is 21.3 Å². The lowest BCUT2D eigenvalue weighted by Gasteiger charge is -2.27. The Hall–Kier alpha value is -3.93. The SMILES string of the molecule is CCOC(=O)C1=C(COC(=O)c2sc3ncn(C)c(=O)c3c2C)NC(=O)NC1c1ccco1. The molecule has 0 spiro atoms. The van der Waals surface area contributed by atoms with Gasteiger partial charge in [0.15, 0.2) is 0 Å². The molecule has 2 N–H and O–H groups in total. The molecule has 2 amide bonds. The van der Waals surface area contributed by atoms with Crippen LogP contribution in [0, 0.1) is 6.92 Å². The van der Waals surface area contributed by atoms with Crippen LogP contribution in [0.15, 0.2) is 45.2 Å². The molecule has 4 rings (SSSR count). The summed E-state index contributed by atoms with van der Waals surface area (Å²) in [6.07, 6.45) is 2.79. The smallest absolute Gasteiger partial charge is 0.349 e. The standard InChI is InChI=1S/C21H20N4O7S/c1-4-30-19(27)14-11(23-21(29)24-15(14)12-6-5-7-31-12)8-32-20(28)16-10(2)13-17(33-16)22-9-25(3)18(13)26/h5-7,9,15H,4,8H2,1-3H3,(H2,23,24,29). The first-order valence-corrected chi connectivity index (χ1v) is 10.8. The van der Waals surface area contributed by atoms with Gasteiger partial charge in [-0.2, -0.15) is 0 Å². The van der Waals surface area contributed by atoms with Crippen LogP contribution < -0.4 is 16.2 Å². The third-order valence-electron chi connectivity index (χ3n) is 5.02. The van der Waals surface area contributed by atoms with Gasteiger partial charge in [-0.15, -0.1) is 11.3 Å². The van der Waals surface area contributed by atoms with Gasteiger partial charge in [-0.1, -0.05) is 0 Å². The maximum Gasteiger partial charge on any atom is 0.349 e. The Bertz CT molecular complexity index is 1340. The molecule has 0 aromatic carbocycles. The van der Waals surface area contributed by atoms with E-state index in [2.05, 4.69) is 15.6 Å². The second-order valence-corrected chi connectivity index (χ2v) is 8.13. The van der Waals surface area contributed by atoms with Crippen molar-refractivity contribution in [1.82, 2.24) is 20.2 Å². The fourth-order valence-corrected chi connectivity index (χ4v) is 4.49. The Morgan fingerprint density at radius 1 is 1.27 bits per heavy atom. The number of hydrogen-bond donors (Lipinski definition) is 2. The van der Waals surface area contributed by atoms with Crippen molar-refractivity contribution in [2.24, 2.45) is 7.05 Å². The first-order chi connectivity index (χ1) is 15.8. The number of aryl methyl sites for hydroxylation is 2. The van der Waals surface area contributed by atoms with Crippen molar-refractivity contribution in [2.45, 2.75) is 19.9 Å². The molecule has 3 aromatic rings. The van der Waals surface area contributed by atoms with Crippen LogP contribution in [0.2, 0.25) is 0 Å². The van der Waals surface area contributed by atoms with E-state index in [1.807, 2.05) is 0 Å². The molecule has 0 bridgehead atoms. The Labute approximate surface area is 191 Å². The molecule has 33 heavy (non-hydrogen) atoms. The van der Waals surface area contributed by atoms with Gasteiger partial charge in [-0.25, -0.2) is 19.4 Å². The summed E-state index contributed by atoms with van der Waals surface area (Å²) in [5, 5.41) is 5.46. The van der Waals surface area contributed by atoms with Crippen LogP contribution in [0.4, 0.5) is 4.79 Å². The zero-order valence-electron chi connectivity index (χ0n) is 18.0. The second-order valence-electron chi connectivity index (χ2n) is 7.13. The van der Waals surface area contributed by atoms with E-state index in [4.69, 9.17) is 13.9 Å². The van der Waals surface area contributed by atoms with Crippen molar-refractivity contribution in [3.8, 4) is 0 Å². The molecule has 1 aliphatic heterocycles. The van der Waals surface area contributed by atoms with Crippen LogP contribution in [-0.4, -0.2) is 40.7 Å². The summed E-state index contributed by atoms with van der Waals surface area (Å²) in [5.74, 6) is -1.09. The van der Waals surface area contributed by atoms with Gasteiger partial charge in [0, 0.05) is 7.05 Å². The molecule has 0 fully saturated rings. The molecule has 4 heterocycles. The Balaban J connectivity index is 1.66. The number of esters is 2. The number of carbonyl (C=O) groups excluding carboxylic acids is 3. The van der Waals surface area contributed by atoms with Crippen molar-refractivity contribution in [1.29, 1.82) is 0 Å². The highest BCUT2D eigenvalue weighted by Crippen LogP contribution is 2.30. The number of nitrogens with zero attached hydrogens (tertiary/aromatic N) is 2. The second kappa shape index (κ2) is 8.90. The molecule has 0 aliphatic carbocycles. The van der Waals surface area contributed by atoms with E-state index in [1.165, 1.54) is 17.2 Å². The van der Waals surface area contributed by atoms with Crippen LogP contribution in [0.5, 0.6) is 0 Å². The Morgan fingerprint density at radius 2 is 2.06 bits per heavy atom. The van der Waals surface area contributed by atoms with Crippen molar-refractivity contribution in [3.63, 3.8) is 0 Å². The lowest BCUT2D eigenvalue weighted by molar-refractivity contribution is -0.139. The van der Waals surface area contributed by atoms with E-state index in [-0.39, 0.29) is 28.3 Å². The summed E-state index contributed by atoms with van der Waals surface area (Å²) in [6.45, 7) is 2.99. The molecule has 3 aromatic heterocycles. The van der Waals surface area contributed by atoms with Crippen molar-refractivity contribution >= 4 is 39.5 Å². The Kier molecular flexibility index (Phi) is 6.01. The lowest BCUT2D eigenvalue weighted by atomic mass is 10.0. The number of nitrogens with one attached hydrogen (secondary N) is 2. The van der Waals surface area contributed by atoms with Crippen molar-refractivity contribution < 1.29 is 28.3 Å². The summed E-state index contributed by atoms with van der Waals surface area (Å²) in [4.78, 5) is 55.0. The predicted octanol–water partition coefficient (Wildman–Crippen LogP) is 1.92. The highest BCUT2D eigenvalue weighted by atomic mass is 32.1. The summed E-state index contributed by atoms with van der Waals surface area (Å²) in [7, 11) is 1.57. The first-order valence-electron chi connectivity index (χ1n) is 9.94. The van der Waals surface area contributed by atoms with Crippen LogP contribution in [0.25, 0.3) is 10.2 Å². The molecule has 1 unspecified atom stereocenters. The molecule has 0 saturated heterocycles. The molecular formula is C21H20N4O7S. The lowest BCUT2D eigenvalue weighted by Crippen LogP contribution is -2.47. The van der Waals surface area contributed by atoms with E-state index in [0.29, 0.717) is 21.5 Å². The quantitative estimate of drug-likeness (QED) is 0.518. The number of carbonyl (C=O) groups is 3. The van der Waals surface area contributed by atoms with E-state index < -0.39 is 30.6 Å². The highest BCUT2D eigenvalue weighted by molar-refractivity contribution is 7.20. The highest BCUT2D eigenvalue weighted by Gasteiger charge is 2.36. The largest absolute Gasteiger partial charge is 0.467 e. The Morgan fingerprint density at radius 3 is 2.76 bits per heavy atom. The van der Waals surface area contributed by atoms with E-state index in [1.54, 1.807) is 33.0 Å². The number of rotatable bonds is 6. The molecule has 0 saturated carbocycles. The minimum absolute atomic E-state index is 0.0581. The minimum atomic E-state index is -0.917. The van der Waals surface area contributed by atoms with Gasteiger partial charge in [-0.05, 0) is 31.5 Å². The number of urea groups is 1. The summed E-state index contributed by atoms with van der Waals surface area (Å²) < 4.78 is 17.2. The average molecular weight is 472 g/mol. The summed E-state index contributed by atoms with van der Waals surface area (Å²) in [5.41, 5.74) is 0.311. The normalized spacial score (nSPS) is 15.8. The maximum absolute atomic E-state index is 12.8. The molecule has 1 aliphatic rings. The predicted molar refractivity (Wildman–Crippen MR) is 117 cm³/mol. The van der Waals surface area contributed by atoms with Gasteiger partial charge in [-0.3, -0.25) is 4.79 Å². The van der Waals surface area contributed by atoms with E-state index in [0.717, 1.165) is 11.3 Å².